The molecule has 0 saturated heterocycles. The Morgan fingerprint density at radius 1 is 1.39 bits per heavy atom. The van der Waals surface area contributed by atoms with E-state index in [2.05, 4.69) is 14.9 Å². The van der Waals surface area contributed by atoms with Crippen LogP contribution >= 0.6 is 23.1 Å². The summed E-state index contributed by atoms with van der Waals surface area (Å²) in [4.78, 5) is 23.1. The molecule has 0 bridgehead atoms. The van der Waals surface area contributed by atoms with Gasteiger partial charge in [-0.25, -0.2) is 4.79 Å². The van der Waals surface area contributed by atoms with Crippen LogP contribution in [0.25, 0.3) is 0 Å². The number of hydrogen-bond acceptors (Lipinski definition) is 5. The van der Waals surface area contributed by atoms with E-state index in [4.69, 9.17) is 16.7 Å². The Morgan fingerprint density at radius 3 is 2.78 bits per heavy atom. The lowest BCUT2D eigenvalue weighted by atomic mass is 10.1. The van der Waals surface area contributed by atoms with Gasteiger partial charge >= 0.3 is 5.97 Å². The number of benzene rings is 1. The lowest BCUT2D eigenvalue weighted by Crippen LogP contribution is -2.14. The maximum Gasteiger partial charge on any atom is 0.339 e. The van der Waals surface area contributed by atoms with E-state index in [1.165, 1.54) is 18.3 Å². The summed E-state index contributed by atoms with van der Waals surface area (Å²) in [6.07, 6.45) is 1.30. The number of aromatic nitrogens is 2. The summed E-state index contributed by atoms with van der Waals surface area (Å²) >= 11 is 6.69. The van der Waals surface area contributed by atoms with Crippen molar-refractivity contribution in [1.29, 1.82) is 0 Å². The predicted molar refractivity (Wildman–Crippen MR) is 66.3 cm³/mol. The number of hydrogen-bond donors (Lipinski definition) is 2. The van der Waals surface area contributed by atoms with Crippen LogP contribution in [0.5, 0.6) is 0 Å². The maximum absolute atomic E-state index is 11.7. The second-order valence-electron chi connectivity index (χ2n) is 3.20. The fraction of sp³-hybridized carbons (Fsp3) is 0. The third-order valence-corrected chi connectivity index (χ3v) is 3.04. The lowest BCUT2D eigenvalue weighted by Gasteiger charge is -2.08. The Kier molecular flexibility index (Phi) is 3.54. The highest BCUT2D eigenvalue weighted by molar-refractivity contribution is 7.07. The van der Waals surface area contributed by atoms with Crippen LogP contribution in [-0.4, -0.2) is 26.6 Å². The van der Waals surface area contributed by atoms with Crippen LogP contribution in [0.1, 0.15) is 20.0 Å². The second kappa shape index (κ2) is 5.11. The molecule has 0 atom stereocenters. The minimum absolute atomic E-state index is 0.0581. The number of carboxylic acids is 1. The molecule has 18 heavy (non-hydrogen) atoms. The average Bonchev–Trinajstić information content (AvgIpc) is 2.81. The SMILES string of the molecule is O=C(Nc1cccc(Cl)c1C(=O)O)c1cnns1. The topological polar surface area (TPSA) is 92.2 Å². The van der Waals surface area contributed by atoms with Crippen LogP contribution in [0, 0.1) is 0 Å². The fourth-order valence-corrected chi connectivity index (χ4v) is 1.96. The van der Waals surface area contributed by atoms with Gasteiger partial charge in [0.05, 0.1) is 16.9 Å². The minimum Gasteiger partial charge on any atom is -0.478 e. The van der Waals surface area contributed by atoms with Crippen LogP contribution in [0.15, 0.2) is 24.4 Å². The summed E-state index contributed by atoms with van der Waals surface area (Å²) in [5.74, 6) is -1.69. The molecular weight excluding hydrogens is 278 g/mol. The maximum atomic E-state index is 11.7. The minimum atomic E-state index is -1.21. The molecule has 0 radical (unpaired) electrons. The van der Waals surface area contributed by atoms with E-state index in [1.54, 1.807) is 6.07 Å². The van der Waals surface area contributed by atoms with Gasteiger partial charge in [0.15, 0.2) is 0 Å². The Labute approximate surface area is 110 Å². The molecule has 2 N–H and O–H groups in total. The molecule has 0 aliphatic rings. The Hall–Kier alpha value is -1.99. The van der Waals surface area contributed by atoms with Crippen molar-refractivity contribution in [3.05, 3.63) is 39.9 Å². The summed E-state index contributed by atoms with van der Waals surface area (Å²) in [5.41, 5.74) is -0.0154. The van der Waals surface area contributed by atoms with E-state index in [0.29, 0.717) is 0 Å². The normalized spacial score (nSPS) is 10.1. The number of nitrogens with zero attached hydrogens (tertiary/aromatic N) is 2. The molecule has 0 unspecified atom stereocenters. The van der Waals surface area contributed by atoms with Gasteiger partial charge in [0.2, 0.25) is 0 Å². The summed E-state index contributed by atoms with van der Waals surface area (Å²) in [6, 6.07) is 4.45. The fourth-order valence-electron chi connectivity index (χ4n) is 1.30. The molecule has 2 rings (SSSR count). The van der Waals surface area contributed by atoms with E-state index in [0.717, 1.165) is 11.5 Å². The van der Waals surface area contributed by atoms with Gasteiger partial charge < -0.3 is 10.4 Å². The zero-order chi connectivity index (χ0) is 13.1. The monoisotopic (exact) mass is 283 g/mol. The molecule has 1 aromatic carbocycles. The quantitative estimate of drug-likeness (QED) is 0.900. The number of carbonyl (C=O) groups is 2. The van der Waals surface area contributed by atoms with Gasteiger partial charge in [0.25, 0.3) is 5.91 Å². The molecule has 0 saturated carbocycles. The van der Waals surface area contributed by atoms with E-state index in [-0.39, 0.29) is 21.2 Å². The summed E-state index contributed by atoms with van der Waals surface area (Å²) in [7, 11) is 0. The van der Waals surface area contributed by atoms with Gasteiger partial charge in [-0.15, -0.1) is 5.10 Å². The third kappa shape index (κ3) is 2.47. The highest BCUT2D eigenvalue weighted by atomic mass is 35.5. The number of nitrogens with one attached hydrogen (secondary N) is 1. The van der Waals surface area contributed by atoms with Crippen molar-refractivity contribution >= 4 is 40.7 Å². The Balaban J connectivity index is 2.32. The Morgan fingerprint density at radius 2 is 2.17 bits per heavy atom. The largest absolute Gasteiger partial charge is 0.478 e. The number of aromatic carboxylic acids is 1. The predicted octanol–water partition coefficient (Wildman–Crippen LogP) is 2.14. The lowest BCUT2D eigenvalue weighted by molar-refractivity contribution is 0.0698. The van der Waals surface area contributed by atoms with E-state index >= 15 is 0 Å². The van der Waals surface area contributed by atoms with Gasteiger partial charge in [-0.3, -0.25) is 4.79 Å². The summed E-state index contributed by atoms with van der Waals surface area (Å²) in [5, 5.41) is 15.1. The highest BCUT2D eigenvalue weighted by Crippen LogP contribution is 2.24. The molecule has 1 amide bonds. The molecule has 1 aromatic heterocycles. The van der Waals surface area contributed by atoms with Gasteiger partial charge in [-0.05, 0) is 23.7 Å². The van der Waals surface area contributed by atoms with E-state index in [9.17, 15) is 9.59 Å². The molecule has 8 heteroatoms. The van der Waals surface area contributed by atoms with Gasteiger partial charge in [0, 0.05) is 0 Å². The Bertz CT molecular complexity index is 600. The van der Waals surface area contributed by atoms with Crippen molar-refractivity contribution < 1.29 is 14.7 Å². The van der Waals surface area contributed by atoms with Crippen molar-refractivity contribution in [3.8, 4) is 0 Å². The third-order valence-electron chi connectivity index (χ3n) is 2.06. The molecular formula is C10H6ClN3O3S. The van der Waals surface area contributed by atoms with Crippen LogP contribution in [0.2, 0.25) is 5.02 Å². The van der Waals surface area contributed by atoms with Gasteiger partial charge in [-0.2, -0.15) is 0 Å². The molecule has 2 aromatic rings. The first kappa shape index (κ1) is 12.5. The summed E-state index contributed by atoms with van der Waals surface area (Å²) < 4.78 is 3.55. The highest BCUT2D eigenvalue weighted by Gasteiger charge is 2.17. The number of halogens is 1. The molecule has 0 fully saturated rings. The molecule has 0 aliphatic carbocycles. The van der Waals surface area contributed by atoms with E-state index < -0.39 is 11.9 Å². The van der Waals surface area contributed by atoms with Gasteiger partial charge in [0.1, 0.15) is 10.4 Å². The number of rotatable bonds is 3. The first-order valence-corrected chi connectivity index (χ1v) is 5.85. The number of amides is 1. The van der Waals surface area contributed by atoms with Crippen molar-refractivity contribution in [3.63, 3.8) is 0 Å². The first-order valence-electron chi connectivity index (χ1n) is 4.70. The molecule has 0 spiro atoms. The van der Waals surface area contributed by atoms with Crippen molar-refractivity contribution in [2.45, 2.75) is 0 Å². The van der Waals surface area contributed by atoms with E-state index in [1.807, 2.05) is 0 Å². The molecule has 92 valence electrons. The zero-order valence-electron chi connectivity index (χ0n) is 8.75. The smallest absolute Gasteiger partial charge is 0.339 e. The first-order chi connectivity index (χ1) is 8.59. The molecule has 1 heterocycles. The number of anilines is 1. The van der Waals surface area contributed by atoms with Crippen LogP contribution in [-0.2, 0) is 0 Å². The number of carboxylic acid groups (broad SMARTS) is 1. The van der Waals surface area contributed by atoms with Crippen molar-refractivity contribution in [2.75, 3.05) is 5.32 Å². The van der Waals surface area contributed by atoms with Crippen LogP contribution in [0.4, 0.5) is 5.69 Å². The number of carbonyl (C=O) groups excluding carboxylic acids is 1. The standard InChI is InChI=1S/C10H6ClN3O3S/c11-5-2-1-3-6(8(5)10(16)17)13-9(15)7-4-12-14-18-7/h1-4H,(H,13,15)(H,16,17). The zero-order valence-corrected chi connectivity index (χ0v) is 10.3. The van der Waals surface area contributed by atoms with Crippen LogP contribution in [0.3, 0.4) is 0 Å². The van der Waals surface area contributed by atoms with Crippen LogP contribution < -0.4 is 5.32 Å². The van der Waals surface area contributed by atoms with Crippen molar-refractivity contribution in [1.82, 2.24) is 9.59 Å². The summed E-state index contributed by atoms with van der Waals surface area (Å²) in [6.45, 7) is 0. The average molecular weight is 284 g/mol. The molecule has 0 aliphatic heterocycles. The second-order valence-corrected chi connectivity index (χ2v) is 4.40. The van der Waals surface area contributed by atoms with Gasteiger partial charge in [-0.1, -0.05) is 22.2 Å². The molecule has 6 nitrogen and oxygen atoms in total. The van der Waals surface area contributed by atoms with Crippen molar-refractivity contribution in [2.24, 2.45) is 0 Å².